The van der Waals surface area contributed by atoms with Gasteiger partial charge in [-0.2, -0.15) is 0 Å². The van der Waals surface area contributed by atoms with Gasteiger partial charge in [0.05, 0.1) is 23.7 Å². The molecule has 0 unspecified atom stereocenters. The summed E-state index contributed by atoms with van der Waals surface area (Å²) in [4.78, 5) is 26.7. The zero-order valence-electron chi connectivity index (χ0n) is 18.0. The van der Waals surface area contributed by atoms with E-state index in [1.807, 2.05) is 48.5 Å². The van der Waals surface area contributed by atoms with E-state index in [1.54, 1.807) is 11.8 Å². The van der Waals surface area contributed by atoms with Gasteiger partial charge in [-0.15, -0.1) is 0 Å². The molecule has 0 aromatic rings. The molecular weight excluding hydrogens is 349 g/mol. The Morgan fingerprint density at radius 3 is 2.19 bits per heavy atom. The fraction of sp³-hybridized carbons (Fsp3) is 0.895. The van der Waals surface area contributed by atoms with Crippen molar-refractivity contribution in [2.24, 2.45) is 5.92 Å². The lowest BCUT2D eigenvalue weighted by Crippen LogP contribution is -2.50. The molecule has 27 heavy (non-hydrogen) atoms. The van der Waals surface area contributed by atoms with Crippen LogP contribution in [-0.4, -0.2) is 60.6 Å². The Morgan fingerprint density at radius 1 is 1.15 bits per heavy atom. The predicted octanol–water partition coefficient (Wildman–Crippen LogP) is 3.27. The first-order chi connectivity index (χ1) is 12.3. The van der Waals surface area contributed by atoms with Crippen molar-refractivity contribution < 1.29 is 28.4 Å². The number of hydrogen-bond acceptors (Lipinski definition) is 6. The summed E-state index contributed by atoms with van der Waals surface area (Å²) in [6.45, 7) is 16.2. The number of hydrogen-bond donors (Lipinski definition) is 0. The molecule has 0 aromatic heterocycles. The molecule has 0 saturated carbocycles. The van der Waals surface area contributed by atoms with E-state index in [1.165, 1.54) is 0 Å². The summed E-state index contributed by atoms with van der Waals surface area (Å²) in [5, 5.41) is 0. The lowest BCUT2D eigenvalue weighted by atomic mass is 9.61. The summed E-state index contributed by atoms with van der Waals surface area (Å²) in [5.74, 6) is -1.02. The molecule has 2 atom stereocenters. The summed E-state index contributed by atoms with van der Waals surface area (Å²) < 4.78 is 23.1. The molecule has 0 aromatic carbocycles. The quantitative estimate of drug-likeness (QED) is 0.550. The first kappa shape index (κ1) is 22.0. The van der Waals surface area contributed by atoms with Crippen LogP contribution in [0.5, 0.6) is 0 Å². The van der Waals surface area contributed by atoms with Crippen LogP contribution in [0.1, 0.15) is 61.8 Å². The first-order valence-corrected chi connectivity index (χ1v) is 9.77. The number of esters is 1. The second kappa shape index (κ2) is 7.62. The zero-order valence-corrected chi connectivity index (χ0v) is 18.0. The van der Waals surface area contributed by atoms with Crippen LogP contribution in [0.15, 0.2) is 0 Å². The van der Waals surface area contributed by atoms with Crippen LogP contribution in [0.4, 0.5) is 4.79 Å². The Balaban J connectivity index is 2.17. The fourth-order valence-electron chi connectivity index (χ4n) is 3.35. The summed E-state index contributed by atoms with van der Waals surface area (Å²) in [6.07, 6.45) is 0.170. The number of rotatable bonds is 3. The molecule has 154 valence electrons. The van der Waals surface area contributed by atoms with Gasteiger partial charge in [-0.3, -0.25) is 4.79 Å². The minimum atomic E-state index is -0.584. The second-order valence-electron chi connectivity index (χ2n) is 9.36. The maximum Gasteiger partial charge on any atom is 0.462 e. The fourth-order valence-corrected chi connectivity index (χ4v) is 3.35. The minimum absolute atomic E-state index is 0.177. The summed E-state index contributed by atoms with van der Waals surface area (Å²) in [5.41, 5.74) is -1.53. The number of ether oxygens (including phenoxy) is 2. The highest BCUT2D eigenvalue weighted by Gasteiger charge is 2.57. The maximum absolute atomic E-state index is 12.6. The lowest BCUT2D eigenvalue weighted by Gasteiger charge is -2.38. The molecule has 0 aliphatic carbocycles. The minimum Gasteiger partial charge on any atom is -0.466 e. The van der Waals surface area contributed by atoms with Crippen molar-refractivity contribution in [3.05, 3.63) is 0 Å². The lowest BCUT2D eigenvalue weighted by molar-refractivity contribution is -0.150. The molecule has 2 aliphatic heterocycles. The van der Waals surface area contributed by atoms with Crippen molar-refractivity contribution in [2.75, 3.05) is 19.7 Å². The molecule has 2 aliphatic rings. The van der Waals surface area contributed by atoms with Crippen molar-refractivity contribution in [3.8, 4) is 0 Å². The third kappa shape index (κ3) is 4.96. The van der Waals surface area contributed by atoms with Gasteiger partial charge >= 0.3 is 19.2 Å². The van der Waals surface area contributed by atoms with Crippen molar-refractivity contribution in [1.82, 2.24) is 4.90 Å². The number of nitrogens with zero attached hydrogens (tertiary/aromatic N) is 1. The molecule has 7 nitrogen and oxygen atoms in total. The molecule has 8 heteroatoms. The van der Waals surface area contributed by atoms with Crippen molar-refractivity contribution in [3.63, 3.8) is 0 Å². The summed E-state index contributed by atoms with van der Waals surface area (Å²) in [6, 6.07) is 0. The molecular formula is C19H34BNO6. The highest BCUT2D eigenvalue weighted by molar-refractivity contribution is 6.48. The average Bonchev–Trinajstić information content (AvgIpc) is 2.73. The SMILES string of the molecule is CCOC(=O)[C@H]1CN(C(=O)OC(C)(C)C)CC[C@H]1B1OC(C)(C)C(C)(C)O1. The monoisotopic (exact) mass is 383 g/mol. The van der Waals surface area contributed by atoms with E-state index in [4.69, 9.17) is 18.8 Å². The van der Waals surface area contributed by atoms with Crippen LogP contribution in [0, 0.1) is 5.92 Å². The van der Waals surface area contributed by atoms with Gasteiger partial charge in [-0.05, 0) is 61.8 Å². The summed E-state index contributed by atoms with van der Waals surface area (Å²) in [7, 11) is -0.509. The van der Waals surface area contributed by atoms with Crippen molar-refractivity contribution in [1.29, 1.82) is 0 Å². The van der Waals surface area contributed by atoms with Gasteiger partial charge < -0.3 is 23.7 Å². The highest BCUT2D eigenvalue weighted by Crippen LogP contribution is 2.44. The molecule has 0 bridgehead atoms. The Labute approximate surface area is 163 Å². The topological polar surface area (TPSA) is 74.3 Å². The molecule has 1 amide bonds. The Morgan fingerprint density at radius 2 is 1.70 bits per heavy atom. The number of likely N-dealkylation sites (tertiary alicyclic amines) is 1. The van der Waals surface area contributed by atoms with Crippen LogP contribution in [0.25, 0.3) is 0 Å². The Kier molecular flexibility index (Phi) is 6.22. The molecule has 2 rings (SSSR count). The normalized spacial score (nSPS) is 27.4. The van der Waals surface area contributed by atoms with Crippen molar-refractivity contribution >= 4 is 19.2 Å². The van der Waals surface area contributed by atoms with Crippen LogP contribution in [0.2, 0.25) is 5.82 Å². The third-order valence-corrected chi connectivity index (χ3v) is 5.53. The van der Waals surface area contributed by atoms with Crippen LogP contribution < -0.4 is 0 Å². The number of carbonyl (C=O) groups excluding carboxylic acids is 2. The highest BCUT2D eigenvalue weighted by atomic mass is 16.7. The van der Waals surface area contributed by atoms with E-state index in [9.17, 15) is 9.59 Å². The van der Waals surface area contributed by atoms with E-state index in [0.29, 0.717) is 13.0 Å². The standard InChI is InChI=1S/C19H34BNO6/c1-9-24-15(22)13-12-21(16(23)25-17(2,3)4)11-10-14(13)20-26-18(5,6)19(7,8)27-20/h13-14H,9-12H2,1-8H3/t13-,14+/m0/s1. The van der Waals surface area contributed by atoms with Crippen molar-refractivity contribution in [2.45, 2.75) is 84.4 Å². The molecule has 0 spiro atoms. The van der Waals surface area contributed by atoms with Gasteiger partial charge in [-0.1, -0.05) is 0 Å². The molecule has 2 heterocycles. The number of carbonyl (C=O) groups is 2. The van der Waals surface area contributed by atoms with Crippen LogP contribution in [-0.2, 0) is 23.6 Å². The number of piperidine rings is 1. The number of amides is 1. The van der Waals surface area contributed by atoms with E-state index < -0.39 is 35.9 Å². The van der Waals surface area contributed by atoms with E-state index >= 15 is 0 Å². The van der Waals surface area contributed by atoms with Gasteiger partial charge in [0.1, 0.15) is 5.60 Å². The Hall–Kier alpha value is -1.28. The first-order valence-electron chi connectivity index (χ1n) is 9.77. The van der Waals surface area contributed by atoms with Crippen LogP contribution >= 0.6 is 0 Å². The van der Waals surface area contributed by atoms with Gasteiger partial charge in [0.15, 0.2) is 0 Å². The van der Waals surface area contributed by atoms with Gasteiger partial charge in [-0.25, -0.2) is 4.79 Å². The molecule has 0 radical (unpaired) electrons. The van der Waals surface area contributed by atoms with Gasteiger partial charge in [0.2, 0.25) is 0 Å². The third-order valence-electron chi connectivity index (χ3n) is 5.53. The largest absolute Gasteiger partial charge is 0.466 e. The van der Waals surface area contributed by atoms with Gasteiger partial charge in [0.25, 0.3) is 0 Å². The zero-order chi connectivity index (χ0) is 20.6. The molecule has 2 saturated heterocycles. The predicted molar refractivity (Wildman–Crippen MR) is 102 cm³/mol. The smallest absolute Gasteiger partial charge is 0.462 e. The maximum atomic E-state index is 12.6. The van der Waals surface area contributed by atoms with E-state index in [0.717, 1.165) is 0 Å². The molecule has 2 fully saturated rings. The average molecular weight is 383 g/mol. The van der Waals surface area contributed by atoms with Gasteiger partial charge in [0, 0.05) is 18.9 Å². The van der Waals surface area contributed by atoms with E-state index in [-0.39, 0.29) is 24.9 Å². The Bertz CT molecular complexity index is 555. The van der Waals surface area contributed by atoms with Crippen LogP contribution in [0.3, 0.4) is 0 Å². The summed E-state index contributed by atoms with van der Waals surface area (Å²) >= 11 is 0. The second-order valence-corrected chi connectivity index (χ2v) is 9.36. The molecule has 0 N–H and O–H groups in total. The van der Waals surface area contributed by atoms with E-state index in [2.05, 4.69) is 0 Å².